The molecule has 8 aromatic carbocycles. The molecule has 122 heavy (non-hydrogen) atoms. The van der Waals surface area contributed by atoms with Gasteiger partial charge in [0.1, 0.15) is 39.4 Å². The number of nitrogens with one attached hydrogen (secondary N) is 3. The topological polar surface area (TPSA) is 363 Å². The summed E-state index contributed by atoms with van der Waals surface area (Å²) in [6.45, 7) is -0.132. The first kappa shape index (κ1) is 86.5. The lowest BCUT2D eigenvalue weighted by Crippen LogP contribution is -2.40. The third-order valence-corrected chi connectivity index (χ3v) is 20.6. The normalized spacial score (nSPS) is 11.4. The molecule has 0 bridgehead atoms. The number of alkyl halides is 6. The smallest absolute Gasteiger partial charge is 0.416 e. The molecule has 0 radical (unpaired) electrons. The number of benzene rings is 8. The van der Waals surface area contributed by atoms with Crippen molar-refractivity contribution in [3.05, 3.63) is 318 Å². The Morgan fingerprint density at radius 3 is 1.10 bits per heavy atom. The van der Waals surface area contributed by atoms with Crippen LogP contribution >= 0.6 is 47.8 Å². The van der Waals surface area contributed by atoms with E-state index in [1.54, 1.807) is 67.6 Å². The number of aromatic nitrogens is 14. The molecule has 32 nitrogen and oxygen atoms in total. The molecule has 15 aromatic rings. The Balaban J connectivity index is 0.000000158. The van der Waals surface area contributed by atoms with Gasteiger partial charge in [-0.2, -0.15) is 13.2 Å². The second-order valence-electron chi connectivity index (χ2n) is 25.8. The highest BCUT2D eigenvalue weighted by atomic mass is 79.9. The van der Waals surface area contributed by atoms with E-state index in [0.717, 1.165) is 38.0 Å². The van der Waals surface area contributed by atoms with Crippen LogP contribution in [-0.4, -0.2) is 104 Å². The van der Waals surface area contributed by atoms with Crippen LogP contribution in [0.25, 0.3) is 67.4 Å². The average molecular weight is 1890 g/mol. The highest BCUT2D eigenvalue weighted by Gasteiger charge is 2.36. The summed E-state index contributed by atoms with van der Waals surface area (Å²) in [4.78, 5) is 94.9. The highest BCUT2D eigenvalue weighted by molar-refractivity contribution is 9.09. The van der Waals surface area contributed by atoms with Gasteiger partial charge in [-0.3, -0.25) is 28.1 Å². The summed E-state index contributed by atoms with van der Waals surface area (Å²) in [6, 6.07) is 39.7. The fourth-order valence-electron chi connectivity index (χ4n) is 13.2. The van der Waals surface area contributed by atoms with Crippen molar-refractivity contribution < 1.29 is 84.5 Å². The third kappa shape index (κ3) is 16.6. The molecule has 0 aliphatic carbocycles. The summed E-state index contributed by atoms with van der Waals surface area (Å²) in [6.07, 6.45) is -4.94. The van der Waals surface area contributed by atoms with E-state index in [1.165, 1.54) is 120 Å². The number of aryl methyl sites for hydroxylation is 1. The zero-order chi connectivity index (χ0) is 87.3. The Morgan fingerprint density at radius 2 is 0.746 bits per heavy atom. The first-order valence-corrected chi connectivity index (χ1v) is 38.6. The minimum Gasteiger partial charge on any atom is -0.494 e. The number of ether oxygens (including phenoxy) is 3. The molecule has 0 atom stereocenters. The molecule has 0 saturated heterocycles. The van der Waals surface area contributed by atoms with Gasteiger partial charge in [0.15, 0.2) is 45.9 Å². The molecule has 0 fully saturated rings. The lowest BCUT2D eigenvalue weighted by Gasteiger charge is -2.16. The summed E-state index contributed by atoms with van der Waals surface area (Å²) in [5, 5.41) is 47.0. The molecule has 0 aliphatic rings. The van der Waals surface area contributed by atoms with Crippen LogP contribution in [0.5, 0.6) is 17.4 Å². The van der Waals surface area contributed by atoms with Crippen LogP contribution in [0.15, 0.2) is 205 Å². The molecular formula is C78H59Br3F9N17O15. The Bertz CT molecular complexity index is 6580. The lowest BCUT2D eigenvalue weighted by molar-refractivity contribution is -0.215. The molecule has 0 amide bonds. The second kappa shape index (κ2) is 36.7. The molecule has 0 spiro atoms. The SMILES string of the molecule is COc1ccc(-n2c(=O)c3c(CBr)n(-c4ccc(NOO)cc4)nc3n(Cc3c(F)cccc3C(F)(F)F)c2=O)nn1.COc1cccc(-n2c(=O)c3c(CBr)n(-c4ccc(NOO)cc4)nc3n(Cc3c(C)cccc3F)c2=O)c1F.COc1cccc(-n2c(=O)c3c(CBr)n(-c4ccc(NOO)cc4)nc3n(Cc3c(F)cccc3F)c2=O)c1F. The van der Waals surface area contributed by atoms with Crippen molar-refractivity contribution in [2.75, 3.05) is 37.8 Å². The maximum absolute atomic E-state index is 15.4. The van der Waals surface area contributed by atoms with Gasteiger partial charge in [0, 0.05) is 38.7 Å². The first-order valence-electron chi connectivity index (χ1n) is 35.3. The molecular weight excluding hydrogens is 1830 g/mol. The predicted molar refractivity (Wildman–Crippen MR) is 434 cm³/mol. The number of hydrogen-bond donors (Lipinski definition) is 6. The maximum atomic E-state index is 15.4. The van der Waals surface area contributed by atoms with E-state index in [4.69, 9.17) is 30.0 Å². The third-order valence-electron chi connectivity index (χ3n) is 19.0. The van der Waals surface area contributed by atoms with Crippen molar-refractivity contribution in [3.8, 4) is 51.6 Å². The molecule has 0 unspecified atom stereocenters. The van der Waals surface area contributed by atoms with Crippen molar-refractivity contribution in [1.82, 2.24) is 66.9 Å². The van der Waals surface area contributed by atoms with Gasteiger partial charge in [0.2, 0.25) is 5.88 Å². The quantitative estimate of drug-likeness (QED) is 0.0142. The fraction of sp³-hybridized carbons (Fsp3) is 0.141. The summed E-state index contributed by atoms with van der Waals surface area (Å²) in [5.74, 6) is -6.01. The van der Waals surface area contributed by atoms with Gasteiger partial charge in [-0.1, -0.05) is 84.2 Å². The highest BCUT2D eigenvalue weighted by Crippen LogP contribution is 2.36. The molecule has 6 N–H and O–H groups in total. The van der Waals surface area contributed by atoms with Crippen molar-refractivity contribution in [2.24, 2.45) is 0 Å². The number of halogens is 12. The van der Waals surface area contributed by atoms with E-state index >= 15 is 8.78 Å². The van der Waals surface area contributed by atoms with Crippen molar-refractivity contribution in [2.45, 2.75) is 48.7 Å². The molecule has 630 valence electrons. The second-order valence-corrected chi connectivity index (χ2v) is 27.5. The Labute approximate surface area is 701 Å². The average Bonchev–Trinajstić information content (AvgIpc) is 1.55. The van der Waals surface area contributed by atoms with Gasteiger partial charge < -0.3 is 14.2 Å². The first-order chi connectivity index (χ1) is 58.7. The van der Waals surface area contributed by atoms with Gasteiger partial charge in [0.05, 0.1) is 109 Å². The minimum atomic E-state index is -4.94. The molecule has 44 heteroatoms. The van der Waals surface area contributed by atoms with Gasteiger partial charge in [-0.15, -0.1) is 40.5 Å². The van der Waals surface area contributed by atoms with Gasteiger partial charge in [-0.05, 0) is 146 Å². The summed E-state index contributed by atoms with van der Waals surface area (Å²) in [5.41, 5.74) is 1.46. The van der Waals surface area contributed by atoms with Crippen LogP contribution in [0.4, 0.5) is 56.6 Å². The largest absolute Gasteiger partial charge is 0.494 e. The molecule has 7 heterocycles. The summed E-state index contributed by atoms with van der Waals surface area (Å²) >= 11 is 10.1. The van der Waals surface area contributed by atoms with E-state index in [2.05, 4.69) is 105 Å². The van der Waals surface area contributed by atoms with E-state index in [0.29, 0.717) is 65.1 Å². The van der Waals surface area contributed by atoms with Gasteiger partial charge >= 0.3 is 23.2 Å². The number of methoxy groups -OCH3 is 3. The monoisotopic (exact) mass is 1880 g/mol. The minimum absolute atomic E-state index is 0.00690. The Kier molecular flexibility index (Phi) is 26.0. The van der Waals surface area contributed by atoms with Crippen LogP contribution in [0.3, 0.4) is 0 Å². The van der Waals surface area contributed by atoms with E-state index in [1.807, 2.05) is 0 Å². The van der Waals surface area contributed by atoms with Crippen LogP contribution in [0, 0.1) is 41.8 Å². The number of anilines is 3. The van der Waals surface area contributed by atoms with Crippen LogP contribution in [0.2, 0.25) is 0 Å². The van der Waals surface area contributed by atoms with Crippen molar-refractivity contribution in [3.63, 3.8) is 0 Å². The zero-order valence-electron chi connectivity index (χ0n) is 63.0. The molecule has 7 aromatic heterocycles. The van der Waals surface area contributed by atoms with Crippen LogP contribution < -0.4 is 64.4 Å². The number of hydrogen-bond acceptors (Lipinski definition) is 23. The maximum Gasteiger partial charge on any atom is 0.416 e. The predicted octanol–water partition coefficient (Wildman–Crippen LogP) is 13.3. The van der Waals surface area contributed by atoms with Crippen LogP contribution in [0.1, 0.15) is 44.9 Å². The number of rotatable bonds is 24. The Morgan fingerprint density at radius 1 is 0.402 bits per heavy atom. The van der Waals surface area contributed by atoms with E-state index in [-0.39, 0.29) is 101 Å². The van der Waals surface area contributed by atoms with Crippen molar-refractivity contribution in [1.29, 1.82) is 0 Å². The standard InChI is InChI=1S/C27H22BrF2N5O5.C26H19BrF3N5O5.C25H18BrF4N7O5/c1-15-5-3-6-19(29)18(15)14-33-25-23(21(13-28)35(31-25)17-11-9-16(10-12-17)32-40-38)26(36)34(27(33)37)20-7-4-8-22(39-2)24(20)30;1-39-21-7-3-6-19(23(21)30)34-25(36)22-20(12-27)35(15-10-8-14(9-11-15)32-40-38)31-24(22)33(26(34)37)13-16-17(28)4-2-5-18(16)29;1-41-20-10-9-19(31-32-20)36-23(38)21-18(11-26)37(14-7-5-13(6-8-14)34-42-40)33-22(21)35(24(36)39)12-15-16(25(28,29)30)3-2-4-17(15)27/h3-12,32,38H,13-14H2,1-2H3;2-11,32,38H,12-13H2,1H3;2-10,34,40H,11-12H2,1H3. The van der Waals surface area contributed by atoms with E-state index < -0.39 is 110 Å². The summed E-state index contributed by atoms with van der Waals surface area (Å²) < 4.78 is 155. The molecule has 0 aliphatic heterocycles. The Hall–Kier alpha value is -13.3. The van der Waals surface area contributed by atoms with Gasteiger partial charge in [0.25, 0.3) is 16.7 Å². The van der Waals surface area contributed by atoms with Gasteiger partial charge in [-0.25, -0.2) is 101 Å². The van der Waals surface area contributed by atoms with Crippen molar-refractivity contribution >= 4 is 98.0 Å². The number of fused-ring (bicyclic) bond motifs is 3. The number of nitrogens with zero attached hydrogens (tertiary/aromatic N) is 14. The van der Waals surface area contributed by atoms with Crippen LogP contribution in [-0.2, 0) is 56.8 Å². The lowest BCUT2D eigenvalue weighted by atomic mass is 10.1. The van der Waals surface area contributed by atoms with E-state index in [9.17, 15) is 59.5 Å². The molecule has 0 saturated carbocycles. The zero-order valence-corrected chi connectivity index (χ0v) is 67.8. The fourth-order valence-corrected chi connectivity index (χ4v) is 14.8. The summed E-state index contributed by atoms with van der Waals surface area (Å²) in [7, 11) is 3.83. The molecule has 15 rings (SSSR count).